The van der Waals surface area contributed by atoms with Crippen LogP contribution in [0.15, 0.2) is 64.5 Å². The summed E-state index contributed by atoms with van der Waals surface area (Å²) >= 11 is 1.12. The first-order valence-electron chi connectivity index (χ1n) is 11.0. The quantitative estimate of drug-likeness (QED) is 0.341. The average Bonchev–Trinajstić information content (AvgIpc) is 3.36. The molecule has 1 fully saturated rings. The number of ether oxygens (including phenoxy) is 1. The van der Waals surface area contributed by atoms with Crippen LogP contribution in [-0.4, -0.2) is 52.8 Å². The third-order valence-electron chi connectivity index (χ3n) is 5.65. The normalized spacial score (nSPS) is 14.2. The molecule has 5 rings (SSSR count). The van der Waals surface area contributed by atoms with E-state index in [0.717, 1.165) is 57.4 Å². The summed E-state index contributed by atoms with van der Waals surface area (Å²) in [6, 6.07) is 17.3. The van der Waals surface area contributed by atoms with Crippen LogP contribution in [0.2, 0.25) is 0 Å². The van der Waals surface area contributed by atoms with Gasteiger partial charge in [0.15, 0.2) is 0 Å². The van der Waals surface area contributed by atoms with E-state index in [-0.39, 0.29) is 17.3 Å². The highest BCUT2D eigenvalue weighted by atomic mass is 32.1. The molecule has 1 N–H and O–H groups in total. The Kier molecular flexibility index (Phi) is 6.24. The molecule has 1 amide bonds. The second kappa shape index (κ2) is 9.62. The molecule has 2 aromatic heterocycles. The van der Waals surface area contributed by atoms with Gasteiger partial charge in [0.25, 0.3) is 5.91 Å². The minimum absolute atomic E-state index is 0.0984. The minimum atomic E-state index is -0.372. The Morgan fingerprint density at radius 2 is 1.88 bits per heavy atom. The molecule has 34 heavy (non-hydrogen) atoms. The Hall–Kier alpha value is -3.76. The third-order valence-corrected chi connectivity index (χ3v) is 6.61. The van der Waals surface area contributed by atoms with Gasteiger partial charge in [-0.3, -0.25) is 14.2 Å². The first-order chi connectivity index (χ1) is 16.6. The fraction of sp³-hybridized carbons (Fsp3) is 0.250. The summed E-state index contributed by atoms with van der Waals surface area (Å²) < 4.78 is 9.74. The fourth-order valence-electron chi connectivity index (χ4n) is 4.02. The van der Waals surface area contributed by atoms with E-state index in [1.165, 1.54) is 4.57 Å². The zero-order valence-corrected chi connectivity index (χ0v) is 19.5. The molecule has 1 saturated heterocycles. The van der Waals surface area contributed by atoms with E-state index in [0.29, 0.717) is 13.2 Å². The minimum Gasteiger partial charge on any atom is -0.378 e. The molecule has 1 aliphatic rings. The molecular weight excluding hydrogens is 452 g/mol. The van der Waals surface area contributed by atoms with Crippen molar-refractivity contribution >= 4 is 39.5 Å². The van der Waals surface area contributed by atoms with Gasteiger partial charge in [-0.15, -0.1) is 0 Å². The number of fused-ring (bicyclic) bond motifs is 1. The van der Waals surface area contributed by atoms with Crippen LogP contribution < -0.4 is 15.2 Å². The van der Waals surface area contributed by atoms with Crippen molar-refractivity contribution in [2.75, 3.05) is 31.2 Å². The molecule has 0 aliphatic carbocycles. The molecule has 0 bridgehead atoms. The highest BCUT2D eigenvalue weighted by Gasteiger charge is 2.23. The molecule has 0 unspecified atom stereocenters. The van der Waals surface area contributed by atoms with E-state index in [1.807, 2.05) is 66.2 Å². The van der Waals surface area contributed by atoms with Crippen molar-refractivity contribution in [3.8, 4) is 5.69 Å². The van der Waals surface area contributed by atoms with Gasteiger partial charge in [0.1, 0.15) is 12.4 Å². The van der Waals surface area contributed by atoms with Crippen molar-refractivity contribution in [3.05, 3.63) is 75.5 Å². The second-order valence-electron chi connectivity index (χ2n) is 7.88. The van der Waals surface area contributed by atoms with Gasteiger partial charge in [-0.25, -0.2) is 10.1 Å². The number of benzene rings is 2. The van der Waals surface area contributed by atoms with Crippen LogP contribution in [0.5, 0.6) is 0 Å². The van der Waals surface area contributed by atoms with E-state index in [9.17, 15) is 9.59 Å². The van der Waals surface area contributed by atoms with Gasteiger partial charge in [-0.1, -0.05) is 41.7 Å². The summed E-state index contributed by atoms with van der Waals surface area (Å²) in [5, 5.41) is 8.95. The number of hydrazone groups is 1. The summed E-state index contributed by atoms with van der Waals surface area (Å²) in [6.07, 6.45) is 1.62. The number of carbonyl (C=O) groups excluding carboxylic acids is 1. The molecule has 0 radical (unpaired) electrons. The largest absolute Gasteiger partial charge is 0.378 e. The molecule has 1 aliphatic heterocycles. The molecule has 0 saturated carbocycles. The number of aryl methyl sites for hydroxylation is 1. The lowest BCUT2D eigenvalue weighted by atomic mass is 10.2. The van der Waals surface area contributed by atoms with Crippen molar-refractivity contribution in [2.24, 2.45) is 5.10 Å². The predicted molar refractivity (Wildman–Crippen MR) is 133 cm³/mol. The van der Waals surface area contributed by atoms with Crippen molar-refractivity contribution < 1.29 is 9.53 Å². The lowest BCUT2D eigenvalue weighted by Gasteiger charge is -2.29. The Bertz CT molecular complexity index is 1400. The number of carbonyl (C=O) groups is 1. The number of amides is 1. The maximum Gasteiger partial charge on any atom is 0.308 e. The van der Waals surface area contributed by atoms with Crippen LogP contribution in [-0.2, 0) is 16.1 Å². The Labute approximate surface area is 199 Å². The van der Waals surface area contributed by atoms with Crippen molar-refractivity contribution in [1.29, 1.82) is 0 Å². The average molecular weight is 477 g/mol. The summed E-state index contributed by atoms with van der Waals surface area (Å²) in [5.74, 6) is 0.535. The lowest BCUT2D eigenvalue weighted by molar-refractivity contribution is -0.121. The molecule has 4 aromatic rings. The van der Waals surface area contributed by atoms with Crippen LogP contribution in [0.25, 0.3) is 15.9 Å². The number of nitrogens with one attached hydrogen (secondary N) is 1. The molecule has 9 nitrogen and oxygen atoms in total. The smallest absolute Gasteiger partial charge is 0.308 e. The highest BCUT2D eigenvalue weighted by molar-refractivity contribution is 7.16. The lowest BCUT2D eigenvalue weighted by Crippen LogP contribution is -2.38. The second-order valence-corrected chi connectivity index (χ2v) is 8.88. The summed E-state index contributed by atoms with van der Waals surface area (Å²) in [4.78, 5) is 26.9. The van der Waals surface area contributed by atoms with Gasteiger partial charge in [-0.05, 0) is 31.2 Å². The van der Waals surface area contributed by atoms with Gasteiger partial charge in [-0.2, -0.15) is 10.2 Å². The first kappa shape index (κ1) is 22.1. The number of morpholine rings is 1. The van der Waals surface area contributed by atoms with E-state index >= 15 is 0 Å². The Morgan fingerprint density at radius 1 is 1.15 bits per heavy atom. The third kappa shape index (κ3) is 4.37. The summed E-state index contributed by atoms with van der Waals surface area (Å²) in [6.45, 7) is 4.56. The molecule has 0 spiro atoms. The van der Waals surface area contributed by atoms with Gasteiger partial charge >= 0.3 is 4.87 Å². The van der Waals surface area contributed by atoms with Crippen molar-refractivity contribution in [2.45, 2.75) is 13.5 Å². The molecule has 10 heteroatoms. The number of rotatable bonds is 6. The number of hydrogen-bond donors (Lipinski definition) is 1. The number of para-hydroxylation sites is 2. The topological polar surface area (TPSA) is 93.8 Å². The Balaban J connectivity index is 1.39. The van der Waals surface area contributed by atoms with Crippen LogP contribution >= 0.6 is 11.3 Å². The summed E-state index contributed by atoms with van der Waals surface area (Å²) in [7, 11) is 0. The van der Waals surface area contributed by atoms with E-state index in [2.05, 4.69) is 15.4 Å². The van der Waals surface area contributed by atoms with E-state index in [4.69, 9.17) is 9.84 Å². The number of nitrogens with zero attached hydrogens (tertiary/aromatic N) is 5. The molecule has 2 aromatic carbocycles. The van der Waals surface area contributed by atoms with Crippen molar-refractivity contribution in [1.82, 2.24) is 19.8 Å². The molecular formula is C24H24N6O3S. The molecule has 0 atom stereocenters. The fourth-order valence-corrected chi connectivity index (χ4v) is 4.91. The van der Waals surface area contributed by atoms with E-state index in [1.54, 1.807) is 6.21 Å². The van der Waals surface area contributed by atoms with Gasteiger partial charge < -0.3 is 9.64 Å². The maximum absolute atomic E-state index is 12.6. The van der Waals surface area contributed by atoms with Crippen LogP contribution in [0, 0.1) is 6.92 Å². The SMILES string of the molecule is Cc1nn(-c2ccccc2)c(N2CCOCC2)c1/C=N/NC(=O)Cn1c(=O)sc2ccccc21. The maximum atomic E-state index is 12.6. The standard InChI is InChI=1S/C24H24N6O3S/c1-17-19(15-25-26-22(31)16-29-20-9-5-6-10-21(20)34-24(29)32)23(28-11-13-33-14-12-28)30(27-17)18-7-3-2-4-8-18/h2-10,15H,11-14,16H2,1H3,(H,26,31)/b25-15+. The van der Waals surface area contributed by atoms with E-state index < -0.39 is 0 Å². The van der Waals surface area contributed by atoms with Crippen LogP contribution in [0.4, 0.5) is 5.82 Å². The van der Waals surface area contributed by atoms with Gasteiger partial charge in [0, 0.05) is 13.1 Å². The van der Waals surface area contributed by atoms with Crippen LogP contribution in [0.1, 0.15) is 11.3 Å². The number of anilines is 1. The number of thiazole rings is 1. The van der Waals surface area contributed by atoms with Gasteiger partial charge in [0.05, 0.1) is 46.6 Å². The monoisotopic (exact) mass is 476 g/mol. The number of aromatic nitrogens is 3. The van der Waals surface area contributed by atoms with Crippen LogP contribution in [0.3, 0.4) is 0 Å². The zero-order chi connectivity index (χ0) is 23.5. The Morgan fingerprint density at radius 3 is 2.68 bits per heavy atom. The molecule has 3 heterocycles. The zero-order valence-electron chi connectivity index (χ0n) is 18.7. The summed E-state index contributed by atoms with van der Waals surface area (Å²) in [5.41, 5.74) is 5.87. The first-order valence-corrected chi connectivity index (χ1v) is 11.8. The highest BCUT2D eigenvalue weighted by Crippen LogP contribution is 2.27. The molecule has 174 valence electrons. The number of hydrogen-bond acceptors (Lipinski definition) is 7. The van der Waals surface area contributed by atoms with Crippen molar-refractivity contribution in [3.63, 3.8) is 0 Å². The van der Waals surface area contributed by atoms with Gasteiger partial charge in [0.2, 0.25) is 0 Å². The predicted octanol–water partition coefficient (Wildman–Crippen LogP) is 2.54.